The maximum absolute atomic E-state index is 10.2. The number of aromatic nitrogens is 2. The number of hydrogen-bond acceptors (Lipinski definition) is 3. The van der Waals surface area contributed by atoms with Crippen LogP contribution < -0.4 is 4.74 Å². The highest BCUT2D eigenvalue weighted by Crippen LogP contribution is 2.14. The molecule has 0 bridgehead atoms. The third-order valence-corrected chi connectivity index (χ3v) is 1.34. The van der Waals surface area contributed by atoms with E-state index in [1.807, 2.05) is 6.92 Å². The molecule has 1 N–H and O–H groups in total. The molecular formula is C6H7ClN2O2. The van der Waals surface area contributed by atoms with Crippen LogP contribution in [0, 0.1) is 0 Å². The van der Waals surface area contributed by atoms with Crippen molar-refractivity contribution in [1.82, 2.24) is 9.97 Å². The quantitative estimate of drug-likeness (QED) is 0.703. The van der Waals surface area contributed by atoms with Crippen LogP contribution in [0.25, 0.3) is 0 Å². The number of ether oxygens (including phenoxy) is 1. The Hall–Kier alpha value is -1.03. The molecule has 0 amide bonds. The second kappa shape index (κ2) is 3.39. The molecule has 0 aromatic carbocycles. The number of nitrogens with one attached hydrogen (secondary N) is 1. The molecule has 0 aliphatic rings. The monoisotopic (exact) mass is 174 g/mol. The van der Waals surface area contributed by atoms with Crippen LogP contribution >= 0.6 is 11.6 Å². The smallest absolute Gasteiger partial charge is 0.295 e. The fourth-order valence-electron chi connectivity index (χ4n) is 0.628. The molecular weight excluding hydrogens is 168 g/mol. The maximum atomic E-state index is 10.2. The fraction of sp³-hybridized carbons (Fsp3) is 0.333. The maximum Gasteiger partial charge on any atom is 0.295 e. The number of rotatable bonds is 3. The van der Waals surface area contributed by atoms with Crippen LogP contribution in [0.5, 0.6) is 6.01 Å². The number of aromatic amines is 1. The Morgan fingerprint density at radius 3 is 3.00 bits per heavy atom. The zero-order valence-corrected chi connectivity index (χ0v) is 6.68. The van der Waals surface area contributed by atoms with Crippen molar-refractivity contribution in [1.29, 1.82) is 0 Å². The van der Waals surface area contributed by atoms with Gasteiger partial charge in [-0.3, -0.25) is 9.78 Å². The summed E-state index contributed by atoms with van der Waals surface area (Å²) in [5, 5.41) is 0.212. The van der Waals surface area contributed by atoms with E-state index in [-0.39, 0.29) is 16.9 Å². The number of aldehydes is 1. The van der Waals surface area contributed by atoms with E-state index in [2.05, 4.69) is 9.97 Å². The van der Waals surface area contributed by atoms with Gasteiger partial charge in [0, 0.05) is 0 Å². The number of carbonyl (C=O) groups is 1. The Balaban J connectivity index is 2.86. The summed E-state index contributed by atoms with van der Waals surface area (Å²) in [7, 11) is 0. The van der Waals surface area contributed by atoms with E-state index in [0.717, 1.165) is 0 Å². The van der Waals surface area contributed by atoms with Crippen molar-refractivity contribution < 1.29 is 9.53 Å². The minimum atomic E-state index is 0.176. The van der Waals surface area contributed by atoms with Gasteiger partial charge < -0.3 is 4.74 Å². The summed E-state index contributed by atoms with van der Waals surface area (Å²) in [5.41, 5.74) is 0.176. The number of nitrogens with zero attached hydrogens (tertiary/aromatic N) is 1. The molecule has 1 aromatic heterocycles. The average Bonchev–Trinajstić information content (AvgIpc) is 2.32. The molecule has 1 heterocycles. The van der Waals surface area contributed by atoms with Gasteiger partial charge in [0.1, 0.15) is 10.8 Å². The zero-order valence-electron chi connectivity index (χ0n) is 5.93. The third-order valence-electron chi connectivity index (χ3n) is 1.06. The third kappa shape index (κ3) is 1.71. The predicted molar refractivity (Wildman–Crippen MR) is 40.2 cm³/mol. The standard InChI is InChI=1S/C6H7ClN2O2/c1-2-11-6-8-4(3-10)5(7)9-6/h3H,2H2,1H3,(H,8,9). The summed E-state index contributed by atoms with van der Waals surface area (Å²) in [6, 6.07) is 0.277. The highest BCUT2D eigenvalue weighted by atomic mass is 35.5. The Kier molecular flexibility index (Phi) is 2.48. The molecule has 0 atom stereocenters. The molecule has 0 spiro atoms. The molecule has 1 aromatic rings. The lowest BCUT2D eigenvalue weighted by Gasteiger charge is -1.93. The van der Waals surface area contributed by atoms with Crippen LogP contribution in [-0.2, 0) is 0 Å². The van der Waals surface area contributed by atoms with E-state index in [1.165, 1.54) is 0 Å². The van der Waals surface area contributed by atoms with Gasteiger partial charge >= 0.3 is 0 Å². The molecule has 0 aliphatic heterocycles. The van der Waals surface area contributed by atoms with Gasteiger partial charge in [0.15, 0.2) is 6.29 Å². The fourth-order valence-corrected chi connectivity index (χ4v) is 0.795. The minimum Gasteiger partial charge on any atom is -0.465 e. The molecule has 1 rings (SSSR count). The van der Waals surface area contributed by atoms with Gasteiger partial charge in [0.25, 0.3) is 6.01 Å². The van der Waals surface area contributed by atoms with Gasteiger partial charge in [0.2, 0.25) is 0 Å². The second-order valence-corrected chi connectivity index (χ2v) is 2.17. The van der Waals surface area contributed by atoms with Crippen LogP contribution in [0.4, 0.5) is 0 Å². The molecule has 0 saturated heterocycles. The lowest BCUT2D eigenvalue weighted by molar-refractivity contribution is 0.111. The van der Waals surface area contributed by atoms with Gasteiger partial charge in [0.05, 0.1) is 6.61 Å². The number of H-pyrrole nitrogens is 1. The van der Waals surface area contributed by atoms with Crippen molar-refractivity contribution in [3.8, 4) is 6.01 Å². The Bertz CT molecular complexity index is 259. The van der Waals surface area contributed by atoms with Crippen molar-refractivity contribution in [2.75, 3.05) is 6.61 Å². The highest BCUT2D eigenvalue weighted by molar-refractivity contribution is 6.31. The molecule has 0 aliphatic carbocycles. The van der Waals surface area contributed by atoms with Crippen molar-refractivity contribution in [2.24, 2.45) is 0 Å². The van der Waals surface area contributed by atoms with E-state index >= 15 is 0 Å². The predicted octanol–water partition coefficient (Wildman–Crippen LogP) is 1.27. The van der Waals surface area contributed by atoms with Gasteiger partial charge in [-0.25, -0.2) is 0 Å². The Morgan fingerprint density at radius 2 is 2.55 bits per heavy atom. The van der Waals surface area contributed by atoms with Crippen molar-refractivity contribution in [3.05, 3.63) is 10.8 Å². The van der Waals surface area contributed by atoms with E-state index in [0.29, 0.717) is 12.9 Å². The van der Waals surface area contributed by atoms with Crippen LogP contribution in [0.3, 0.4) is 0 Å². The second-order valence-electron chi connectivity index (χ2n) is 1.79. The van der Waals surface area contributed by atoms with Crippen LogP contribution in [0.15, 0.2) is 0 Å². The SMILES string of the molecule is CCOc1nc(C=O)c(Cl)[nH]1. The molecule has 5 heteroatoms. The van der Waals surface area contributed by atoms with E-state index in [4.69, 9.17) is 16.3 Å². The van der Waals surface area contributed by atoms with Gasteiger partial charge in [-0.15, -0.1) is 0 Å². The number of imidazole rings is 1. The number of carbonyl (C=O) groups excluding carboxylic acids is 1. The largest absolute Gasteiger partial charge is 0.465 e. The van der Waals surface area contributed by atoms with E-state index in [1.54, 1.807) is 0 Å². The summed E-state index contributed by atoms with van der Waals surface area (Å²) >= 11 is 5.55. The van der Waals surface area contributed by atoms with E-state index in [9.17, 15) is 4.79 Å². The first-order chi connectivity index (χ1) is 5.27. The Labute approximate surface area is 68.5 Å². The molecule has 0 fully saturated rings. The molecule has 0 radical (unpaired) electrons. The molecule has 60 valence electrons. The van der Waals surface area contributed by atoms with Crippen molar-refractivity contribution in [3.63, 3.8) is 0 Å². The van der Waals surface area contributed by atoms with E-state index < -0.39 is 0 Å². The molecule has 11 heavy (non-hydrogen) atoms. The number of hydrogen-bond donors (Lipinski definition) is 1. The first-order valence-electron chi connectivity index (χ1n) is 3.11. The first-order valence-corrected chi connectivity index (χ1v) is 3.49. The molecule has 0 saturated carbocycles. The van der Waals surface area contributed by atoms with Crippen LogP contribution in [0.2, 0.25) is 5.15 Å². The summed E-state index contributed by atoms with van der Waals surface area (Å²) in [6.45, 7) is 2.30. The summed E-state index contributed by atoms with van der Waals surface area (Å²) in [6.07, 6.45) is 0.571. The van der Waals surface area contributed by atoms with Gasteiger partial charge in [-0.1, -0.05) is 11.6 Å². The zero-order chi connectivity index (χ0) is 8.27. The summed E-state index contributed by atoms with van der Waals surface area (Å²) < 4.78 is 4.96. The topological polar surface area (TPSA) is 55.0 Å². The van der Waals surface area contributed by atoms with Crippen LogP contribution in [0.1, 0.15) is 17.4 Å². The highest BCUT2D eigenvalue weighted by Gasteiger charge is 2.06. The normalized spacial score (nSPS) is 9.64. The van der Waals surface area contributed by atoms with Crippen LogP contribution in [-0.4, -0.2) is 22.9 Å². The minimum absolute atomic E-state index is 0.176. The van der Waals surface area contributed by atoms with Crippen molar-refractivity contribution >= 4 is 17.9 Å². The van der Waals surface area contributed by atoms with Gasteiger partial charge in [-0.2, -0.15) is 4.98 Å². The van der Waals surface area contributed by atoms with Gasteiger partial charge in [-0.05, 0) is 6.92 Å². The number of halogens is 1. The summed E-state index contributed by atoms with van der Waals surface area (Å²) in [5.74, 6) is 0. The average molecular weight is 175 g/mol. The first kappa shape index (κ1) is 8.07. The van der Waals surface area contributed by atoms with Crippen molar-refractivity contribution in [2.45, 2.75) is 6.92 Å². The molecule has 0 unspecified atom stereocenters. The summed E-state index contributed by atoms with van der Waals surface area (Å²) in [4.78, 5) is 16.6. The Morgan fingerprint density at radius 1 is 1.82 bits per heavy atom. The molecule has 4 nitrogen and oxygen atoms in total. The lowest BCUT2D eigenvalue weighted by Crippen LogP contribution is -1.92. The lowest BCUT2D eigenvalue weighted by atomic mass is 10.5.